The highest BCUT2D eigenvalue weighted by atomic mass is 35.5. The van der Waals surface area contributed by atoms with Crippen LogP contribution in [0.25, 0.3) is 11.4 Å². The van der Waals surface area contributed by atoms with Crippen LogP contribution in [0.5, 0.6) is 0 Å². The lowest BCUT2D eigenvalue weighted by molar-refractivity contribution is -0.113. The largest absolute Gasteiger partial charge is 0.325 e. The van der Waals surface area contributed by atoms with Crippen molar-refractivity contribution in [3.05, 3.63) is 59.1 Å². The van der Waals surface area contributed by atoms with Crippen LogP contribution in [0.2, 0.25) is 5.02 Å². The zero-order valence-corrected chi connectivity index (χ0v) is 15.2. The molecule has 0 spiro atoms. The number of rotatable bonds is 5. The van der Waals surface area contributed by atoms with Gasteiger partial charge in [-0.2, -0.15) is 4.37 Å². The predicted octanol–water partition coefficient (Wildman–Crippen LogP) is 4.90. The number of nitrogens with zero attached hydrogens (tertiary/aromatic N) is 2. The summed E-state index contributed by atoms with van der Waals surface area (Å²) in [5.74, 6) is 0.803. The van der Waals surface area contributed by atoms with Crippen molar-refractivity contribution < 1.29 is 4.79 Å². The van der Waals surface area contributed by atoms with Gasteiger partial charge in [0, 0.05) is 11.3 Å². The van der Waals surface area contributed by atoms with E-state index in [1.807, 2.05) is 49.4 Å². The Bertz CT molecular complexity index is 866. The quantitative estimate of drug-likeness (QED) is 0.644. The molecule has 3 rings (SSSR count). The summed E-state index contributed by atoms with van der Waals surface area (Å²) >= 11 is 8.78. The second-order valence-electron chi connectivity index (χ2n) is 5.07. The number of carbonyl (C=O) groups excluding carboxylic acids is 1. The Hall–Kier alpha value is -1.89. The van der Waals surface area contributed by atoms with Crippen LogP contribution in [0.15, 0.2) is 52.9 Å². The van der Waals surface area contributed by atoms with Gasteiger partial charge >= 0.3 is 0 Å². The maximum absolute atomic E-state index is 12.0. The number of hydrogen-bond donors (Lipinski definition) is 1. The number of halogens is 1. The van der Waals surface area contributed by atoms with Crippen molar-refractivity contribution in [1.82, 2.24) is 9.36 Å². The van der Waals surface area contributed by atoms with Crippen molar-refractivity contribution >= 4 is 46.5 Å². The fourth-order valence-electron chi connectivity index (χ4n) is 2.07. The van der Waals surface area contributed by atoms with Gasteiger partial charge in [-0.15, -0.1) is 0 Å². The highest BCUT2D eigenvalue weighted by Gasteiger charge is 2.11. The lowest BCUT2D eigenvalue weighted by Crippen LogP contribution is -2.13. The van der Waals surface area contributed by atoms with E-state index in [1.54, 1.807) is 6.07 Å². The first-order valence-electron chi connectivity index (χ1n) is 7.20. The van der Waals surface area contributed by atoms with E-state index in [0.29, 0.717) is 10.8 Å². The second kappa shape index (κ2) is 7.79. The molecule has 3 aromatic rings. The molecule has 122 valence electrons. The molecule has 1 amide bonds. The Balaban J connectivity index is 1.59. The molecule has 0 unspecified atom stereocenters. The number of amides is 1. The van der Waals surface area contributed by atoms with E-state index < -0.39 is 0 Å². The standard InChI is InChI=1S/C17H14ClN3OS2/c1-11-5-4-6-12(9-11)19-15(22)10-23-17-20-16(21-24-17)13-7-2-3-8-14(13)18/h2-9H,10H2,1H3,(H,19,22). The van der Waals surface area contributed by atoms with E-state index in [9.17, 15) is 4.79 Å². The highest BCUT2D eigenvalue weighted by Crippen LogP contribution is 2.29. The molecule has 0 atom stereocenters. The molecule has 0 aliphatic carbocycles. The molecule has 0 saturated carbocycles. The summed E-state index contributed by atoms with van der Waals surface area (Å²) < 4.78 is 5.05. The first-order valence-corrected chi connectivity index (χ1v) is 9.33. The van der Waals surface area contributed by atoms with Gasteiger partial charge in [-0.1, -0.05) is 47.6 Å². The van der Waals surface area contributed by atoms with Gasteiger partial charge in [0.1, 0.15) is 0 Å². The first-order chi connectivity index (χ1) is 11.6. The second-order valence-corrected chi connectivity index (χ2v) is 7.45. The Morgan fingerprint density at radius 3 is 2.88 bits per heavy atom. The average molecular weight is 376 g/mol. The molecule has 0 fully saturated rings. The highest BCUT2D eigenvalue weighted by molar-refractivity contribution is 8.01. The molecule has 1 aromatic heterocycles. The van der Waals surface area contributed by atoms with E-state index in [2.05, 4.69) is 14.7 Å². The summed E-state index contributed by atoms with van der Waals surface area (Å²) in [4.78, 5) is 16.5. The number of benzene rings is 2. The van der Waals surface area contributed by atoms with Gasteiger partial charge in [0.25, 0.3) is 0 Å². The third-order valence-electron chi connectivity index (χ3n) is 3.15. The zero-order valence-electron chi connectivity index (χ0n) is 12.8. The third kappa shape index (κ3) is 4.35. The van der Waals surface area contributed by atoms with Crippen LogP contribution in [-0.2, 0) is 4.79 Å². The summed E-state index contributed by atoms with van der Waals surface area (Å²) in [5, 5.41) is 3.49. The van der Waals surface area contributed by atoms with Crippen molar-refractivity contribution in [2.24, 2.45) is 0 Å². The zero-order chi connectivity index (χ0) is 16.9. The van der Waals surface area contributed by atoms with E-state index in [1.165, 1.54) is 23.3 Å². The van der Waals surface area contributed by atoms with Crippen LogP contribution in [-0.4, -0.2) is 21.0 Å². The summed E-state index contributed by atoms with van der Waals surface area (Å²) in [7, 11) is 0. The molecule has 7 heteroatoms. The number of anilines is 1. The molecule has 24 heavy (non-hydrogen) atoms. The Labute approximate surface area is 153 Å². The lowest BCUT2D eigenvalue weighted by atomic mass is 10.2. The van der Waals surface area contributed by atoms with E-state index in [4.69, 9.17) is 11.6 Å². The Morgan fingerprint density at radius 2 is 2.08 bits per heavy atom. The lowest BCUT2D eigenvalue weighted by Gasteiger charge is -2.04. The number of nitrogens with one attached hydrogen (secondary N) is 1. The molecule has 0 bridgehead atoms. The molecule has 2 aromatic carbocycles. The summed E-state index contributed by atoms with van der Waals surface area (Å²) in [6, 6.07) is 15.1. The van der Waals surface area contributed by atoms with Crippen LogP contribution in [0.3, 0.4) is 0 Å². The summed E-state index contributed by atoms with van der Waals surface area (Å²) in [5.41, 5.74) is 2.70. The van der Waals surface area contributed by atoms with Crippen LogP contribution < -0.4 is 5.32 Å². The fraction of sp³-hybridized carbons (Fsp3) is 0.118. The van der Waals surface area contributed by atoms with Crippen LogP contribution in [0.4, 0.5) is 5.69 Å². The number of thioether (sulfide) groups is 1. The number of aryl methyl sites for hydroxylation is 1. The van der Waals surface area contributed by atoms with Crippen molar-refractivity contribution in [3.8, 4) is 11.4 Å². The molecule has 1 heterocycles. The Morgan fingerprint density at radius 1 is 1.25 bits per heavy atom. The van der Waals surface area contributed by atoms with Gasteiger partial charge in [0.15, 0.2) is 10.2 Å². The van der Waals surface area contributed by atoms with Crippen molar-refractivity contribution in [2.45, 2.75) is 11.3 Å². The molecule has 0 aliphatic heterocycles. The molecule has 1 N–H and O–H groups in total. The van der Waals surface area contributed by atoms with Crippen LogP contribution >= 0.6 is 34.9 Å². The van der Waals surface area contributed by atoms with Crippen molar-refractivity contribution in [1.29, 1.82) is 0 Å². The van der Waals surface area contributed by atoms with Gasteiger partial charge < -0.3 is 5.32 Å². The topological polar surface area (TPSA) is 54.9 Å². The Kier molecular flexibility index (Phi) is 5.50. The monoisotopic (exact) mass is 375 g/mol. The van der Waals surface area contributed by atoms with Gasteiger partial charge in [0.2, 0.25) is 5.91 Å². The van der Waals surface area contributed by atoms with E-state index in [-0.39, 0.29) is 11.7 Å². The van der Waals surface area contributed by atoms with Crippen molar-refractivity contribution in [2.75, 3.05) is 11.1 Å². The molecular formula is C17H14ClN3OS2. The summed E-state index contributed by atoms with van der Waals surface area (Å²) in [6.45, 7) is 1.99. The average Bonchev–Trinajstić information content (AvgIpc) is 3.02. The molecule has 4 nitrogen and oxygen atoms in total. The maximum atomic E-state index is 12.0. The minimum Gasteiger partial charge on any atom is -0.325 e. The van der Waals surface area contributed by atoms with Crippen molar-refractivity contribution in [3.63, 3.8) is 0 Å². The third-order valence-corrected chi connectivity index (χ3v) is 5.31. The minimum absolute atomic E-state index is 0.0694. The summed E-state index contributed by atoms with van der Waals surface area (Å²) in [6.07, 6.45) is 0. The molecule has 0 radical (unpaired) electrons. The number of carbonyl (C=O) groups is 1. The maximum Gasteiger partial charge on any atom is 0.234 e. The normalized spacial score (nSPS) is 10.6. The van der Waals surface area contributed by atoms with Crippen LogP contribution in [0, 0.1) is 6.92 Å². The van der Waals surface area contributed by atoms with Gasteiger partial charge in [-0.05, 0) is 48.3 Å². The van der Waals surface area contributed by atoms with Crippen LogP contribution in [0.1, 0.15) is 5.56 Å². The van der Waals surface area contributed by atoms with E-state index in [0.717, 1.165) is 21.2 Å². The molecule has 0 aliphatic rings. The first kappa shape index (κ1) is 17.0. The number of aromatic nitrogens is 2. The van der Waals surface area contributed by atoms with Gasteiger partial charge in [-0.3, -0.25) is 4.79 Å². The van der Waals surface area contributed by atoms with E-state index >= 15 is 0 Å². The van der Waals surface area contributed by atoms with Gasteiger partial charge in [-0.25, -0.2) is 4.98 Å². The number of hydrogen-bond acceptors (Lipinski definition) is 5. The fourth-order valence-corrected chi connectivity index (χ4v) is 3.70. The predicted molar refractivity (Wildman–Crippen MR) is 101 cm³/mol. The smallest absolute Gasteiger partial charge is 0.234 e. The molecular weight excluding hydrogens is 362 g/mol. The molecule has 0 saturated heterocycles. The minimum atomic E-state index is -0.0694. The van der Waals surface area contributed by atoms with Gasteiger partial charge in [0.05, 0.1) is 10.8 Å². The SMILES string of the molecule is Cc1cccc(NC(=O)CSc2nc(-c3ccccc3Cl)ns2)c1.